The van der Waals surface area contributed by atoms with Crippen LogP contribution in [0.2, 0.25) is 0 Å². The Hall–Kier alpha value is -1.92. The molecule has 0 unspecified atom stereocenters. The maximum Gasteiger partial charge on any atom is 0.273 e. The van der Waals surface area contributed by atoms with Crippen LogP contribution in [-0.2, 0) is 11.3 Å². The van der Waals surface area contributed by atoms with Gasteiger partial charge in [0.05, 0.1) is 22.5 Å². The molecule has 1 N–H and O–H groups in total. The van der Waals surface area contributed by atoms with Crippen LogP contribution in [-0.4, -0.2) is 21.9 Å². The predicted octanol–water partition coefficient (Wildman–Crippen LogP) is 1.92. The Morgan fingerprint density at radius 1 is 1.44 bits per heavy atom. The molecule has 2 aromatic heterocycles. The number of fused-ring (bicyclic) bond motifs is 1. The van der Waals surface area contributed by atoms with E-state index in [1.54, 1.807) is 7.11 Å². The zero-order valence-corrected chi connectivity index (χ0v) is 10.5. The van der Waals surface area contributed by atoms with Crippen molar-refractivity contribution in [3.8, 4) is 5.13 Å². The number of hydrogen-bond acceptors (Lipinski definition) is 4. The van der Waals surface area contributed by atoms with Crippen molar-refractivity contribution in [2.24, 2.45) is 0 Å². The number of benzene rings is 1. The summed E-state index contributed by atoms with van der Waals surface area (Å²) >= 11 is 1.48. The summed E-state index contributed by atoms with van der Waals surface area (Å²) in [6, 6.07) is 9.33. The molecule has 92 valence electrons. The van der Waals surface area contributed by atoms with Gasteiger partial charge in [0.2, 0.25) is 5.13 Å². The Bertz CT molecular complexity index is 708. The molecule has 6 heteroatoms. The number of rotatable bonds is 3. The zero-order valence-electron chi connectivity index (χ0n) is 9.71. The Kier molecular flexibility index (Phi) is 2.73. The van der Waals surface area contributed by atoms with Gasteiger partial charge in [-0.15, -0.1) is 0 Å². The molecule has 18 heavy (non-hydrogen) atoms. The highest BCUT2D eigenvalue weighted by atomic mass is 32.1. The highest BCUT2D eigenvalue weighted by molar-refractivity contribution is 7.20. The van der Waals surface area contributed by atoms with Gasteiger partial charge in [0.15, 0.2) is 0 Å². The second-order valence-corrected chi connectivity index (χ2v) is 4.86. The molecule has 0 saturated carbocycles. The summed E-state index contributed by atoms with van der Waals surface area (Å²) in [5.74, 6) is 0. The SMILES string of the molecule is COCc1cc(=O)n(-c2nc3ccccc3s2)[nH]1. The van der Waals surface area contributed by atoms with Gasteiger partial charge in [-0.1, -0.05) is 23.5 Å². The molecule has 0 atom stereocenters. The van der Waals surface area contributed by atoms with Crippen molar-refractivity contribution in [2.75, 3.05) is 7.11 Å². The average Bonchev–Trinajstić information content (AvgIpc) is 2.92. The van der Waals surface area contributed by atoms with E-state index in [4.69, 9.17) is 4.74 Å². The van der Waals surface area contributed by atoms with E-state index < -0.39 is 0 Å². The van der Waals surface area contributed by atoms with Crippen molar-refractivity contribution in [2.45, 2.75) is 6.61 Å². The van der Waals surface area contributed by atoms with Crippen molar-refractivity contribution in [1.29, 1.82) is 0 Å². The number of nitrogens with zero attached hydrogens (tertiary/aromatic N) is 2. The first-order valence-electron chi connectivity index (χ1n) is 5.44. The summed E-state index contributed by atoms with van der Waals surface area (Å²) in [5.41, 5.74) is 1.51. The van der Waals surface area contributed by atoms with Crippen LogP contribution in [0.1, 0.15) is 5.69 Å². The first-order chi connectivity index (χ1) is 8.78. The average molecular weight is 261 g/mol. The fraction of sp³-hybridized carbons (Fsp3) is 0.167. The van der Waals surface area contributed by atoms with Gasteiger partial charge in [-0.25, -0.2) is 4.98 Å². The molecule has 3 rings (SSSR count). The van der Waals surface area contributed by atoms with Crippen LogP contribution < -0.4 is 5.56 Å². The number of ether oxygens (including phenoxy) is 1. The van der Waals surface area contributed by atoms with Gasteiger partial charge in [-0.2, -0.15) is 4.68 Å². The van der Waals surface area contributed by atoms with Gasteiger partial charge in [0, 0.05) is 13.2 Å². The smallest absolute Gasteiger partial charge is 0.273 e. The predicted molar refractivity (Wildman–Crippen MR) is 70.3 cm³/mol. The van der Waals surface area contributed by atoms with Crippen LogP contribution in [0.3, 0.4) is 0 Å². The molecular weight excluding hydrogens is 250 g/mol. The van der Waals surface area contributed by atoms with Crippen molar-refractivity contribution >= 4 is 21.6 Å². The monoisotopic (exact) mass is 261 g/mol. The Morgan fingerprint density at radius 2 is 2.28 bits per heavy atom. The molecule has 0 amide bonds. The topological polar surface area (TPSA) is 59.9 Å². The van der Waals surface area contributed by atoms with E-state index in [0.717, 1.165) is 15.9 Å². The highest BCUT2D eigenvalue weighted by Crippen LogP contribution is 2.23. The van der Waals surface area contributed by atoms with Crippen LogP contribution in [0.4, 0.5) is 0 Å². The first-order valence-corrected chi connectivity index (χ1v) is 6.25. The molecule has 0 fully saturated rings. The largest absolute Gasteiger partial charge is 0.378 e. The lowest BCUT2D eigenvalue weighted by Crippen LogP contribution is -2.12. The number of methoxy groups -OCH3 is 1. The van der Waals surface area contributed by atoms with Crippen LogP contribution in [0.5, 0.6) is 0 Å². The van der Waals surface area contributed by atoms with Crippen LogP contribution in [0, 0.1) is 0 Å². The van der Waals surface area contributed by atoms with E-state index in [1.807, 2.05) is 24.3 Å². The van der Waals surface area contributed by atoms with Gasteiger partial charge < -0.3 is 4.74 Å². The fourth-order valence-corrected chi connectivity index (χ4v) is 2.70. The molecule has 2 heterocycles. The molecule has 5 nitrogen and oxygen atoms in total. The Labute approximate surface area is 107 Å². The van der Waals surface area contributed by atoms with Crippen LogP contribution in [0.15, 0.2) is 35.1 Å². The standard InChI is InChI=1S/C12H11N3O2S/c1-17-7-8-6-11(16)15(14-8)12-13-9-4-2-3-5-10(9)18-12/h2-6,14H,7H2,1H3. The summed E-state index contributed by atoms with van der Waals surface area (Å²) in [6.45, 7) is 0.382. The molecule has 1 aromatic carbocycles. The third kappa shape index (κ3) is 1.85. The van der Waals surface area contributed by atoms with E-state index in [2.05, 4.69) is 10.1 Å². The molecule has 0 saturated heterocycles. The molecule has 0 aliphatic rings. The van der Waals surface area contributed by atoms with Crippen molar-refractivity contribution in [3.63, 3.8) is 0 Å². The van der Waals surface area contributed by atoms with Gasteiger partial charge in [-0.3, -0.25) is 9.89 Å². The molecular formula is C12H11N3O2S. The molecule has 0 bridgehead atoms. The van der Waals surface area contributed by atoms with E-state index in [1.165, 1.54) is 22.1 Å². The lowest BCUT2D eigenvalue weighted by Gasteiger charge is -1.95. The number of para-hydroxylation sites is 1. The molecule has 0 aliphatic carbocycles. The third-order valence-electron chi connectivity index (χ3n) is 2.55. The highest BCUT2D eigenvalue weighted by Gasteiger charge is 2.09. The van der Waals surface area contributed by atoms with Gasteiger partial charge >= 0.3 is 0 Å². The molecule has 0 radical (unpaired) electrons. The molecule has 3 aromatic rings. The van der Waals surface area contributed by atoms with E-state index in [9.17, 15) is 4.79 Å². The maximum atomic E-state index is 11.8. The normalized spacial score (nSPS) is 11.2. The van der Waals surface area contributed by atoms with E-state index >= 15 is 0 Å². The number of H-pyrrole nitrogens is 1. The number of nitrogens with one attached hydrogen (secondary N) is 1. The maximum absolute atomic E-state index is 11.8. The van der Waals surface area contributed by atoms with E-state index in [-0.39, 0.29) is 5.56 Å². The number of aromatic nitrogens is 3. The molecule has 0 aliphatic heterocycles. The molecule has 0 spiro atoms. The minimum absolute atomic E-state index is 0.124. The van der Waals surface area contributed by atoms with E-state index in [0.29, 0.717) is 11.7 Å². The Balaban J connectivity index is 2.11. The van der Waals surface area contributed by atoms with Crippen molar-refractivity contribution < 1.29 is 4.74 Å². The summed E-state index contributed by atoms with van der Waals surface area (Å²) in [7, 11) is 1.59. The van der Waals surface area contributed by atoms with Crippen LogP contribution in [0.25, 0.3) is 15.3 Å². The quantitative estimate of drug-likeness (QED) is 0.783. The Morgan fingerprint density at radius 3 is 3.06 bits per heavy atom. The summed E-state index contributed by atoms with van der Waals surface area (Å²) in [6.07, 6.45) is 0. The second-order valence-electron chi connectivity index (χ2n) is 3.85. The zero-order chi connectivity index (χ0) is 12.5. The number of hydrogen-bond donors (Lipinski definition) is 1. The number of thiazole rings is 1. The first kappa shape index (κ1) is 11.2. The van der Waals surface area contributed by atoms with Gasteiger partial charge in [-0.05, 0) is 12.1 Å². The van der Waals surface area contributed by atoms with Crippen molar-refractivity contribution in [3.05, 3.63) is 46.4 Å². The van der Waals surface area contributed by atoms with Gasteiger partial charge in [0.1, 0.15) is 0 Å². The number of aromatic amines is 1. The third-order valence-corrected chi connectivity index (χ3v) is 3.57. The minimum Gasteiger partial charge on any atom is -0.378 e. The minimum atomic E-state index is -0.124. The van der Waals surface area contributed by atoms with Crippen LogP contribution >= 0.6 is 11.3 Å². The summed E-state index contributed by atoms with van der Waals surface area (Å²) in [4.78, 5) is 16.3. The lowest BCUT2D eigenvalue weighted by atomic mass is 10.3. The summed E-state index contributed by atoms with van der Waals surface area (Å²) < 4.78 is 7.49. The lowest BCUT2D eigenvalue weighted by molar-refractivity contribution is 0.181. The summed E-state index contributed by atoms with van der Waals surface area (Å²) in [5, 5.41) is 3.63. The second kappa shape index (κ2) is 4.40. The van der Waals surface area contributed by atoms with Gasteiger partial charge in [0.25, 0.3) is 5.56 Å². The van der Waals surface area contributed by atoms with Crippen molar-refractivity contribution in [1.82, 2.24) is 14.8 Å². The fourth-order valence-electron chi connectivity index (χ4n) is 1.77.